The number of amides is 2. The summed E-state index contributed by atoms with van der Waals surface area (Å²) in [5, 5.41) is 5.72. The van der Waals surface area contributed by atoms with Crippen LogP contribution < -0.4 is 25.0 Å². The van der Waals surface area contributed by atoms with E-state index in [2.05, 4.69) is 21.6 Å². The Morgan fingerprint density at radius 1 is 1.21 bits per heavy atom. The van der Waals surface area contributed by atoms with Crippen molar-refractivity contribution in [3.63, 3.8) is 0 Å². The lowest BCUT2D eigenvalue weighted by molar-refractivity contribution is -0.120. The van der Waals surface area contributed by atoms with Crippen molar-refractivity contribution in [2.45, 2.75) is 12.8 Å². The Hall–Kier alpha value is -3.22. The quantitative estimate of drug-likeness (QED) is 0.851. The average Bonchev–Trinajstić information content (AvgIpc) is 2.73. The molecule has 1 saturated heterocycles. The van der Waals surface area contributed by atoms with E-state index in [1.165, 1.54) is 0 Å². The topological polar surface area (TPSA) is 79.9 Å². The Bertz CT molecular complexity index is 891. The number of carbonyl (C=O) groups is 2. The van der Waals surface area contributed by atoms with Gasteiger partial charge >= 0.3 is 0 Å². The monoisotopic (exact) mass is 381 g/mol. The molecule has 2 amide bonds. The van der Waals surface area contributed by atoms with Gasteiger partial charge in [-0.3, -0.25) is 9.59 Å². The van der Waals surface area contributed by atoms with Crippen LogP contribution in [0.1, 0.15) is 12.8 Å². The predicted octanol–water partition coefficient (Wildman–Crippen LogP) is 2.88. The number of fused-ring (bicyclic) bond motifs is 1. The maximum atomic E-state index is 12.7. The van der Waals surface area contributed by atoms with Crippen LogP contribution in [0.25, 0.3) is 0 Å². The van der Waals surface area contributed by atoms with Crippen LogP contribution in [0.15, 0.2) is 42.5 Å². The van der Waals surface area contributed by atoms with Crippen molar-refractivity contribution in [1.29, 1.82) is 0 Å². The van der Waals surface area contributed by atoms with Crippen molar-refractivity contribution in [1.82, 2.24) is 0 Å². The molecule has 0 bridgehead atoms. The Balaban J connectivity index is 1.35. The summed E-state index contributed by atoms with van der Waals surface area (Å²) in [4.78, 5) is 26.4. The summed E-state index contributed by atoms with van der Waals surface area (Å²) in [5.41, 5.74) is 2.36. The van der Waals surface area contributed by atoms with Crippen LogP contribution in [0, 0.1) is 5.92 Å². The van der Waals surface area contributed by atoms with E-state index >= 15 is 0 Å². The van der Waals surface area contributed by atoms with E-state index in [1.807, 2.05) is 18.2 Å². The zero-order valence-corrected chi connectivity index (χ0v) is 15.7. The highest BCUT2D eigenvalue weighted by Crippen LogP contribution is 2.31. The standard InChI is InChI=1S/C21H23N3O4/c1-27-17-4-2-3-16(12-17)24-9-7-14(8-10-24)21(26)22-15-5-6-19-18(11-15)23-20(25)13-28-19/h2-6,11-12,14H,7-10,13H2,1H3,(H,22,26)(H,23,25). The number of anilines is 3. The molecule has 2 aliphatic heterocycles. The van der Waals surface area contributed by atoms with E-state index in [0.717, 1.165) is 37.4 Å². The van der Waals surface area contributed by atoms with Gasteiger partial charge in [0.05, 0.1) is 12.8 Å². The fourth-order valence-electron chi connectivity index (χ4n) is 3.61. The number of piperidine rings is 1. The van der Waals surface area contributed by atoms with Crippen LogP contribution in [0.4, 0.5) is 17.1 Å². The van der Waals surface area contributed by atoms with Gasteiger partial charge < -0.3 is 25.0 Å². The number of nitrogens with one attached hydrogen (secondary N) is 2. The maximum Gasteiger partial charge on any atom is 0.262 e. The lowest BCUT2D eigenvalue weighted by Gasteiger charge is -2.33. The molecule has 1 fully saturated rings. The van der Waals surface area contributed by atoms with Crippen LogP contribution >= 0.6 is 0 Å². The summed E-state index contributed by atoms with van der Waals surface area (Å²) in [6, 6.07) is 13.3. The molecule has 7 heteroatoms. The first-order chi connectivity index (χ1) is 13.6. The first-order valence-electron chi connectivity index (χ1n) is 9.39. The normalized spacial score (nSPS) is 16.6. The average molecular weight is 381 g/mol. The van der Waals surface area contributed by atoms with Gasteiger partial charge in [0.2, 0.25) is 5.91 Å². The minimum Gasteiger partial charge on any atom is -0.497 e. The van der Waals surface area contributed by atoms with Gasteiger partial charge in [-0.1, -0.05) is 6.07 Å². The van der Waals surface area contributed by atoms with Crippen molar-refractivity contribution in [3.05, 3.63) is 42.5 Å². The van der Waals surface area contributed by atoms with Crippen LogP contribution in [-0.2, 0) is 9.59 Å². The molecule has 0 unspecified atom stereocenters. The molecule has 28 heavy (non-hydrogen) atoms. The van der Waals surface area contributed by atoms with Crippen molar-refractivity contribution in [2.24, 2.45) is 5.92 Å². The Morgan fingerprint density at radius 3 is 2.82 bits per heavy atom. The van der Waals surface area contributed by atoms with Gasteiger partial charge in [-0.25, -0.2) is 0 Å². The lowest BCUT2D eigenvalue weighted by Crippen LogP contribution is -2.38. The molecule has 0 aliphatic carbocycles. The van der Waals surface area contributed by atoms with Crippen LogP contribution in [-0.4, -0.2) is 38.6 Å². The summed E-state index contributed by atoms with van der Waals surface area (Å²) in [7, 11) is 1.66. The molecule has 0 aromatic heterocycles. The van der Waals surface area contributed by atoms with Gasteiger partial charge in [0, 0.05) is 36.4 Å². The summed E-state index contributed by atoms with van der Waals surface area (Å²) in [6.07, 6.45) is 1.57. The fourth-order valence-corrected chi connectivity index (χ4v) is 3.61. The number of benzene rings is 2. The zero-order valence-electron chi connectivity index (χ0n) is 15.7. The second-order valence-electron chi connectivity index (χ2n) is 7.00. The largest absolute Gasteiger partial charge is 0.497 e. The highest BCUT2D eigenvalue weighted by molar-refractivity contribution is 5.98. The summed E-state index contributed by atoms with van der Waals surface area (Å²) in [6.45, 7) is 1.66. The molecular formula is C21H23N3O4. The molecule has 2 N–H and O–H groups in total. The Labute approximate surface area is 163 Å². The second kappa shape index (κ2) is 7.80. The molecule has 0 spiro atoms. The molecule has 2 aromatic rings. The van der Waals surface area contributed by atoms with Gasteiger partial charge in [0.25, 0.3) is 5.91 Å². The molecule has 0 radical (unpaired) electrons. The third-order valence-corrected chi connectivity index (χ3v) is 5.16. The number of rotatable bonds is 4. The molecule has 2 heterocycles. The van der Waals surface area contributed by atoms with Crippen molar-refractivity contribution < 1.29 is 19.1 Å². The molecular weight excluding hydrogens is 358 g/mol. The van der Waals surface area contributed by atoms with Crippen molar-refractivity contribution in [3.8, 4) is 11.5 Å². The SMILES string of the molecule is COc1cccc(N2CCC(C(=O)Nc3ccc4c(c3)NC(=O)CO4)CC2)c1. The maximum absolute atomic E-state index is 12.7. The fraction of sp³-hybridized carbons (Fsp3) is 0.333. The van der Waals surface area contributed by atoms with Crippen molar-refractivity contribution >= 4 is 28.9 Å². The molecule has 7 nitrogen and oxygen atoms in total. The number of carbonyl (C=O) groups excluding carboxylic acids is 2. The van der Waals surface area contributed by atoms with Gasteiger partial charge in [0.1, 0.15) is 11.5 Å². The van der Waals surface area contributed by atoms with Gasteiger partial charge in [-0.15, -0.1) is 0 Å². The molecule has 2 aliphatic rings. The predicted molar refractivity (Wildman–Crippen MR) is 107 cm³/mol. The highest BCUT2D eigenvalue weighted by atomic mass is 16.5. The number of hydrogen-bond donors (Lipinski definition) is 2. The van der Waals surface area contributed by atoms with E-state index < -0.39 is 0 Å². The number of methoxy groups -OCH3 is 1. The third kappa shape index (κ3) is 3.88. The van der Waals surface area contributed by atoms with Gasteiger partial charge in [0.15, 0.2) is 6.61 Å². The van der Waals surface area contributed by atoms with E-state index in [4.69, 9.17) is 9.47 Å². The van der Waals surface area contributed by atoms with E-state index in [0.29, 0.717) is 17.1 Å². The van der Waals surface area contributed by atoms with E-state index in [-0.39, 0.29) is 24.3 Å². The van der Waals surface area contributed by atoms with Crippen molar-refractivity contribution in [2.75, 3.05) is 42.3 Å². The van der Waals surface area contributed by atoms with Crippen LogP contribution in [0.5, 0.6) is 11.5 Å². The Morgan fingerprint density at radius 2 is 2.04 bits per heavy atom. The first-order valence-corrected chi connectivity index (χ1v) is 9.39. The smallest absolute Gasteiger partial charge is 0.262 e. The highest BCUT2D eigenvalue weighted by Gasteiger charge is 2.26. The summed E-state index contributed by atoms with van der Waals surface area (Å²) < 4.78 is 10.6. The number of hydrogen-bond acceptors (Lipinski definition) is 5. The summed E-state index contributed by atoms with van der Waals surface area (Å²) >= 11 is 0. The molecule has 146 valence electrons. The number of ether oxygens (including phenoxy) is 2. The molecule has 0 saturated carbocycles. The Kier molecular flexibility index (Phi) is 5.06. The van der Waals surface area contributed by atoms with Crippen LogP contribution in [0.2, 0.25) is 0 Å². The second-order valence-corrected chi connectivity index (χ2v) is 7.00. The van der Waals surface area contributed by atoms with E-state index in [9.17, 15) is 9.59 Å². The zero-order chi connectivity index (χ0) is 19.5. The summed E-state index contributed by atoms with van der Waals surface area (Å²) in [5.74, 6) is 1.22. The van der Waals surface area contributed by atoms with Crippen LogP contribution in [0.3, 0.4) is 0 Å². The minimum absolute atomic E-state index is 0.00768. The third-order valence-electron chi connectivity index (χ3n) is 5.16. The van der Waals surface area contributed by atoms with Gasteiger partial charge in [-0.2, -0.15) is 0 Å². The number of nitrogens with zero attached hydrogens (tertiary/aromatic N) is 1. The molecule has 0 atom stereocenters. The molecule has 2 aromatic carbocycles. The van der Waals surface area contributed by atoms with E-state index in [1.54, 1.807) is 25.3 Å². The van der Waals surface area contributed by atoms with Gasteiger partial charge in [-0.05, 0) is 43.2 Å². The lowest BCUT2D eigenvalue weighted by atomic mass is 9.95. The first kappa shape index (κ1) is 18.2. The molecule has 4 rings (SSSR count). The minimum atomic E-state index is -0.194.